The number of sulfonamides is 1. The van der Waals surface area contributed by atoms with Gasteiger partial charge >= 0.3 is 0 Å². The van der Waals surface area contributed by atoms with Crippen LogP contribution in [-0.4, -0.2) is 27.0 Å². The van der Waals surface area contributed by atoms with E-state index in [9.17, 15) is 13.2 Å². The molecular weight excluding hydrogens is 326 g/mol. The lowest BCUT2D eigenvalue weighted by molar-refractivity contribution is -0.121. The average Bonchev–Trinajstić information content (AvgIpc) is 3.08. The molecule has 1 unspecified atom stereocenters. The van der Waals surface area contributed by atoms with Crippen LogP contribution in [0.4, 0.5) is 0 Å². The van der Waals surface area contributed by atoms with Gasteiger partial charge in [0.05, 0.1) is 17.4 Å². The molecule has 1 fully saturated rings. The van der Waals surface area contributed by atoms with Gasteiger partial charge in [0.1, 0.15) is 0 Å². The van der Waals surface area contributed by atoms with Crippen molar-refractivity contribution in [3.05, 3.63) is 54.6 Å². The van der Waals surface area contributed by atoms with Crippen LogP contribution in [0.3, 0.4) is 0 Å². The number of amides is 1. The van der Waals surface area contributed by atoms with Gasteiger partial charge in [0, 0.05) is 6.61 Å². The van der Waals surface area contributed by atoms with E-state index in [0.717, 1.165) is 24.0 Å². The van der Waals surface area contributed by atoms with E-state index in [-0.39, 0.29) is 17.4 Å². The third-order valence-electron chi connectivity index (χ3n) is 3.96. The maximum Gasteiger partial charge on any atom is 0.264 e. The van der Waals surface area contributed by atoms with Crippen LogP contribution in [0.2, 0.25) is 0 Å². The number of carbonyl (C=O) groups is 1. The maximum atomic E-state index is 12.3. The summed E-state index contributed by atoms with van der Waals surface area (Å²) in [5.74, 6) is -0.533. The average molecular weight is 345 g/mol. The van der Waals surface area contributed by atoms with E-state index in [1.54, 1.807) is 12.1 Å². The van der Waals surface area contributed by atoms with Gasteiger partial charge < -0.3 is 4.74 Å². The van der Waals surface area contributed by atoms with Crippen molar-refractivity contribution in [2.75, 3.05) is 6.61 Å². The van der Waals surface area contributed by atoms with Crippen LogP contribution in [0.5, 0.6) is 0 Å². The zero-order valence-corrected chi connectivity index (χ0v) is 14.0. The molecule has 5 nitrogen and oxygen atoms in total. The predicted molar refractivity (Wildman–Crippen MR) is 90.8 cm³/mol. The van der Waals surface area contributed by atoms with E-state index >= 15 is 0 Å². The molecule has 0 spiro atoms. The Morgan fingerprint density at radius 1 is 1.04 bits per heavy atom. The molecule has 0 radical (unpaired) electrons. The minimum absolute atomic E-state index is 0.0708. The number of hydrogen-bond donors (Lipinski definition) is 1. The first-order valence-electron chi connectivity index (χ1n) is 7.87. The minimum atomic E-state index is -3.86. The molecule has 0 bridgehead atoms. The summed E-state index contributed by atoms with van der Waals surface area (Å²) in [4.78, 5) is 12.0. The van der Waals surface area contributed by atoms with Crippen molar-refractivity contribution in [2.45, 2.75) is 30.3 Å². The molecule has 1 saturated heterocycles. The summed E-state index contributed by atoms with van der Waals surface area (Å²) >= 11 is 0. The second-order valence-electron chi connectivity index (χ2n) is 5.76. The van der Waals surface area contributed by atoms with Crippen LogP contribution >= 0.6 is 0 Å². The molecule has 1 heterocycles. The smallest absolute Gasteiger partial charge is 0.264 e. The lowest BCUT2D eigenvalue weighted by atomic mass is 10.1. The van der Waals surface area contributed by atoms with Gasteiger partial charge in [-0.2, -0.15) is 0 Å². The monoisotopic (exact) mass is 345 g/mol. The Labute approximate surface area is 141 Å². The first kappa shape index (κ1) is 16.7. The van der Waals surface area contributed by atoms with Crippen LogP contribution in [0.1, 0.15) is 19.3 Å². The highest BCUT2D eigenvalue weighted by Crippen LogP contribution is 2.21. The Balaban J connectivity index is 1.69. The lowest BCUT2D eigenvalue weighted by Crippen LogP contribution is -2.32. The SMILES string of the molecule is O=C(CC1CCCO1)NS(=O)(=O)c1ccc(-c2ccccc2)cc1. The van der Waals surface area contributed by atoms with Crippen molar-refractivity contribution in [3.8, 4) is 11.1 Å². The zero-order chi connectivity index (χ0) is 17.0. The minimum Gasteiger partial charge on any atom is -0.378 e. The standard InChI is InChI=1S/C18H19NO4S/c20-18(13-16-7-4-12-23-16)19-24(21,22)17-10-8-15(9-11-17)14-5-2-1-3-6-14/h1-3,5-6,8-11,16H,4,7,12-13H2,(H,19,20). The van der Waals surface area contributed by atoms with E-state index < -0.39 is 15.9 Å². The van der Waals surface area contributed by atoms with Gasteiger partial charge in [-0.25, -0.2) is 13.1 Å². The molecule has 1 amide bonds. The lowest BCUT2D eigenvalue weighted by Gasteiger charge is -2.11. The predicted octanol–water partition coefficient (Wildman–Crippen LogP) is 2.73. The van der Waals surface area contributed by atoms with Crippen molar-refractivity contribution in [2.24, 2.45) is 0 Å². The molecule has 0 aliphatic carbocycles. The number of benzene rings is 2. The van der Waals surface area contributed by atoms with Gasteiger partial charge in [-0.1, -0.05) is 42.5 Å². The fourth-order valence-corrected chi connectivity index (χ4v) is 3.72. The topological polar surface area (TPSA) is 72.5 Å². The van der Waals surface area contributed by atoms with Crippen molar-refractivity contribution in [3.63, 3.8) is 0 Å². The van der Waals surface area contributed by atoms with Crippen molar-refractivity contribution >= 4 is 15.9 Å². The molecule has 1 aliphatic heterocycles. The van der Waals surface area contributed by atoms with E-state index in [4.69, 9.17) is 4.74 Å². The summed E-state index contributed by atoms with van der Waals surface area (Å²) in [6, 6.07) is 16.1. The summed E-state index contributed by atoms with van der Waals surface area (Å²) in [5, 5.41) is 0. The molecule has 1 N–H and O–H groups in total. The highest BCUT2D eigenvalue weighted by atomic mass is 32.2. The zero-order valence-electron chi connectivity index (χ0n) is 13.1. The number of carbonyl (C=O) groups excluding carboxylic acids is 1. The number of nitrogens with one attached hydrogen (secondary N) is 1. The van der Waals surface area contributed by atoms with Crippen molar-refractivity contribution in [1.29, 1.82) is 0 Å². The third kappa shape index (κ3) is 4.01. The van der Waals surface area contributed by atoms with Gasteiger partial charge in [-0.15, -0.1) is 0 Å². The van der Waals surface area contributed by atoms with Gasteiger partial charge in [0.2, 0.25) is 5.91 Å². The third-order valence-corrected chi connectivity index (χ3v) is 5.35. The highest BCUT2D eigenvalue weighted by Gasteiger charge is 2.23. The second kappa shape index (κ2) is 7.15. The molecule has 6 heteroatoms. The van der Waals surface area contributed by atoms with Gasteiger partial charge in [0.15, 0.2) is 0 Å². The summed E-state index contributed by atoms with van der Waals surface area (Å²) in [6.07, 6.45) is 1.59. The first-order chi connectivity index (χ1) is 11.5. The van der Waals surface area contributed by atoms with E-state index in [2.05, 4.69) is 4.72 Å². The quantitative estimate of drug-likeness (QED) is 0.904. The van der Waals surface area contributed by atoms with Crippen LogP contribution in [0, 0.1) is 0 Å². The molecule has 24 heavy (non-hydrogen) atoms. The number of rotatable bonds is 5. The number of hydrogen-bond acceptors (Lipinski definition) is 4. The second-order valence-corrected chi connectivity index (χ2v) is 7.44. The summed E-state index contributed by atoms with van der Waals surface area (Å²) in [7, 11) is -3.86. The van der Waals surface area contributed by atoms with Crippen molar-refractivity contribution < 1.29 is 17.9 Å². The Morgan fingerprint density at radius 2 is 1.71 bits per heavy atom. The largest absolute Gasteiger partial charge is 0.378 e. The molecule has 2 aromatic rings. The van der Waals surface area contributed by atoms with E-state index in [1.807, 2.05) is 30.3 Å². The normalized spacial score (nSPS) is 17.6. The molecular formula is C18H19NO4S. The van der Waals surface area contributed by atoms with Gasteiger partial charge in [0.25, 0.3) is 10.0 Å². The van der Waals surface area contributed by atoms with E-state index in [0.29, 0.717) is 6.61 Å². The Bertz CT molecular complexity index is 795. The Hall–Kier alpha value is -2.18. The summed E-state index contributed by atoms with van der Waals surface area (Å²) < 4.78 is 32.0. The molecule has 0 saturated carbocycles. The van der Waals surface area contributed by atoms with E-state index in [1.165, 1.54) is 12.1 Å². The molecule has 1 aliphatic rings. The van der Waals surface area contributed by atoms with Crippen LogP contribution in [-0.2, 0) is 19.6 Å². The van der Waals surface area contributed by atoms with Gasteiger partial charge in [-0.05, 0) is 36.1 Å². The molecule has 0 aromatic heterocycles. The fraction of sp³-hybridized carbons (Fsp3) is 0.278. The van der Waals surface area contributed by atoms with Crippen LogP contribution in [0.15, 0.2) is 59.5 Å². The highest BCUT2D eigenvalue weighted by molar-refractivity contribution is 7.90. The number of ether oxygens (including phenoxy) is 1. The molecule has 126 valence electrons. The fourth-order valence-electron chi connectivity index (χ4n) is 2.72. The summed E-state index contributed by atoms with van der Waals surface area (Å²) in [6.45, 7) is 0.631. The van der Waals surface area contributed by atoms with Crippen LogP contribution < -0.4 is 4.72 Å². The Morgan fingerprint density at radius 3 is 2.33 bits per heavy atom. The summed E-state index contributed by atoms with van der Waals surface area (Å²) in [5.41, 5.74) is 1.92. The molecule has 1 atom stereocenters. The van der Waals surface area contributed by atoms with Gasteiger partial charge in [-0.3, -0.25) is 4.79 Å². The molecule has 2 aromatic carbocycles. The van der Waals surface area contributed by atoms with Crippen LogP contribution in [0.25, 0.3) is 11.1 Å². The first-order valence-corrected chi connectivity index (χ1v) is 9.36. The maximum absolute atomic E-state index is 12.3. The van der Waals surface area contributed by atoms with Crippen molar-refractivity contribution in [1.82, 2.24) is 4.72 Å². The molecule has 3 rings (SSSR count). The Kier molecular flexibility index (Phi) is 4.97.